The highest BCUT2D eigenvalue weighted by Gasteiger charge is 2.41. The number of likely N-dealkylation sites (tertiary alicyclic amines) is 1. The number of amides is 1. The van der Waals surface area contributed by atoms with Gasteiger partial charge in [0.15, 0.2) is 0 Å². The van der Waals surface area contributed by atoms with E-state index >= 15 is 0 Å². The van der Waals surface area contributed by atoms with Gasteiger partial charge in [0.2, 0.25) is 10.0 Å². The SMILES string of the molecule is NS(=O)(=O)C1CCN(C(=O)c2cc3c(s2)C2(CCNCC2)OCC3)CC1. The van der Waals surface area contributed by atoms with Crippen LogP contribution in [0.25, 0.3) is 0 Å². The number of hydrogen-bond acceptors (Lipinski definition) is 6. The van der Waals surface area contributed by atoms with Crippen LogP contribution >= 0.6 is 11.3 Å². The third-order valence-electron chi connectivity index (χ3n) is 5.79. The van der Waals surface area contributed by atoms with Crippen molar-refractivity contribution in [3.63, 3.8) is 0 Å². The number of rotatable bonds is 2. The molecule has 9 heteroatoms. The molecule has 26 heavy (non-hydrogen) atoms. The van der Waals surface area contributed by atoms with Crippen LogP contribution in [0.5, 0.6) is 0 Å². The topological polar surface area (TPSA) is 102 Å². The molecule has 0 bridgehead atoms. The molecule has 0 aliphatic carbocycles. The highest BCUT2D eigenvalue weighted by Crippen LogP contribution is 2.44. The van der Waals surface area contributed by atoms with E-state index in [1.54, 1.807) is 16.2 Å². The van der Waals surface area contributed by atoms with E-state index < -0.39 is 15.3 Å². The van der Waals surface area contributed by atoms with Crippen molar-refractivity contribution in [2.75, 3.05) is 32.8 Å². The summed E-state index contributed by atoms with van der Waals surface area (Å²) < 4.78 is 29.2. The van der Waals surface area contributed by atoms with Crippen LogP contribution < -0.4 is 10.5 Å². The van der Waals surface area contributed by atoms with Crippen molar-refractivity contribution in [1.29, 1.82) is 0 Å². The summed E-state index contributed by atoms with van der Waals surface area (Å²) in [7, 11) is -3.52. The lowest BCUT2D eigenvalue weighted by Gasteiger charge is -2.40. The third-order valence-corrected chi connectivity index (χ3v) is 8.54. The molecule has 0 unspecified atom stereocenters. The van der Waals surface area contributed by atoms with Gasteiger partial charge in [-0.05, 0) is 56.8 Å². The molecule has 0 aromatic carbocycles. The summed E-state index contributed by atoms with van der Waals surface area (Å²) in [4.78, 5) is 16.7. The van der Waals surface area contributed by atoms with Gasteiger partial charge >= 0.3 is 0 Å². The number of thiophene rings is 1. The average molecular weight is 400 g/mol. The monoisotopic (exact) mass is 399 g/mol. The molecule has 3 aliphatic heterocycles. The highest BCUT2D eigenvalue weighted by molar-refractivity contribution is 7.89. The minimum Gasteiger partial charge on any atom is -0.369 e. The van der Waals surface area contributed by atoms with Gasteiger partial charge in [-0.3, -0.25) is 4.79 Å². The van der Waals surface area contributed by atoms with Crippen molar-refractivity contribution < 1.29 is 17.9 Å². The minimum absolute atomic E-state index is 0.00125. The summed E-state index contributed by atoms with van der Waals surface area (Å²) in [5.41, 5.74) is 1.01. The van der Waals surface area contributed by atoms with Gasteiger partial charge < -0.3 is 15.0 Å². The maximum absolute atomic E-state index is 12.9. The van der Waals surface area contributed by atoms with Crippen LogP contribution in [0.15, 0.2) is 6.07 Å². The van der Waals surface area contributed by atoms with Crippen LogP contribution in [0.3, 0.4) is 0 Å². The minimum atomic E-state index is -3.52. The number of nitrogens with two attached hydrogens (primary N) is 1. The number of fused-ring (bicyclic) bond motifs is 2. The van der Waals surface area contributed by atoms with Crippen LogP contribution in [-0.2, 0) is 26.8 Å². The first-order valence-electron chi connectivity index (χ1n) is 9.18. The molecule has 3 aliphatic rings. The second kappa shape index (κ2) is 6.87. The van der Waals surface area contributed by atoms with Gasteiger partial charge in [0, 0.05) is 18.0 Å². The number of ether oxygens (including phenoxy) is 1. The van der Waals surface area contributed by atoms with Crippen molar-refractivity contribution in [2.24, 2.45) is 5.14 Å². The first-order valence-corrected chi connectivity index (χ1v) is 11.6. The highest BCUT2D eigenvalue weighted by atomic mass is 32.2. The zero-order valence-corrected chi connectivity index (χ0v) is 16.3. The number of piperidine rings is 2. The second-order valence-electron chi connectivity index (χ2n) is 7.39. The molecule has 2 saturated heterocycles. The summed E-state index contributed by atoms with van der Waals surface area (Å²) in [5, 5.41) is 8.08. The quantitative estimate of drug-likeness (QED) is 0.766. The molecule has 144 valence electrons. The normalized spacial score (nSPS) is 23.8. The number of nitrogens with zero attached hydrogens (tertiary/aromatic N) is 1. The Morgan fingerprint density at radius 2 is 2.00 bits per heavy atom. The molecule has 4 rings (SSSR count). The summed E-state index contributed by atoms with van der Waals surface area (Å²) >= 11 is 1.56. The fourth-order valence-corrected chi connectivity index (χ4v) is 6.52. The van der Waals surface area contributed by atoms with Crippen LogP contribution in [-0.4, -0.2) is 57.3 Å². The fraction of sp³-hybridized carbons (Fsp3) is 0.706. The molecule has 0 atom stereocenters. The van der Waals surface area contributed by atoms with E-state index in [2.05, 4.69) is 5.32 Å². The molecule has 1 spiro atoms. The predicted molar refractivity (Wildman–Crippen MR) is 99.8 cm³/mol. The van der Waals surface area contributed by atoms with Gasteiger partial charge in [-0.2, -0.15) is 0 Å². The van der Waals surface area contributed by atoms with Crippen LogP contribution in [0.1, 0.15) is 45.8 Å². The summed E-state index contributed by atoms with van der Waals surface area (Å²) in [5.74, 6) is 0.00125. The molecule has 1 aromatic rings. The zero-order valence-electron chi connectivity index (χ0n) is 14.7. The molecule has 3 N–H and O–H groups in total. The van der Waals surface area contributed by atoms with Crippen molar-refractivity contribution >= 4 is 27.3 Å². The van der Waals surface area contributed by atoms with Crippen molar-refractivity contribution in [2.45, 2.75) is 43.0 Å². The lowest BCUT2D eigenvalue weighted by molar-refractivity contribution is -0.0771. The van der Waals surface area contributed by atoms with Gasteiger partial charge in [-0.1, -0.05) is 0 Å². The van der Waals surface area contributed by atoms with E-state index in [1.165, 1.54) is 10.4 Å². The Kier molecular flexibility index (Phi) is 4.85. The number of hydrogen-bond donors (Lipinski definition) is 2. The maximum Gasteiger partial charge on any atom is 0.263 e. The van der Waals surface area contributed by atoms with E-state index in [9.17, 15) is 13.2 Å². The summed E-state index contributed by atoms with van der Waals surface area (Å²) in [6.45, 7) is 3.45. The lowest BCUT2D eigenvalue weighted by Crippen LogP contribution is -2.44. The number of carbonyl (C=O) groups is 1. The molecule has 4 heterocycles. The Hall–Kier alpha value is -1.00. The molecular weight excluding hydrogens is 374 g/mol. The van der Waals surface area contributed by atoms with E-state index in [0.29, 0.717) is 32.5 Å². The first-order chi connectivity index (χ1) is 12.4. The molecule has 2 fully saturated rings. The Balaban J connectivity index is 1.52. The van der Waals surface area contributed by atoms with Gasteiger partial charge in [0.25, 0.3) is 5.91 Å². The molecule has 1 aromatic heterocycles. The Labute approximate surface area is 157 Å². The molecular formula is C17H25N3O4S2. The zero-order chi connectivity index (χ0) is 18.4. The van der Waals surface area contributed by atoms with Crippen molar-refractivity contribution in [1.82, 2.24) is 10.2 Å². The Bertz CT molecular complexity index is 791. The molecule has 1 amide bonds. The number of nitrogens with one attached hydrogen (secondary N) is 1. The Morgan fingerprint density at radius 3 is 2.65 bits per heavy atom. The largest absolute Gasteiger partial charge is 0.369 e. The van der Waals surface area contributed by atoms with Crippen molar-refractivity contribution in [3.8, 4) is 0 Å². The molecule has 0 radical (unpaired) electrons. The van der Waals surface area contributed by atoms with E-state index in [0.717, 1.165) is 37.2 Å². The standard InChI is InChI=1S/C17H25N3O4S2/c18-26(22,23)13-1-8-20(9-2-13)16(21)14-11-12-3-10-24-17(15(12)25-14)4-6-19-7-5-17/h11,13,19H,1-10H2,(H2,18,22,23). The molecule has 0 saturated carbocycles. The van der Waals surface area contributed by atoms with Crippen molar-refractivity contribution in [3.05, 3.63) is 21.4 Å². The third kappa shape index (κ3) is 3.31. The van der Waals surface area contributed by atoms with Gasteiger partial charge in [0.1, 0.15) is 5.60 Å². The Morgan fingerprint density at radius 1 is 1.31 bits per heavy atom. The average Bonchev–Trinajstić information content (AvgIpc) is 3.07. The van der Waals surface area contributed by atoms with E-state index in [1.807, 2.05) is 6.07 Å². The summed E-state index contributed by atoms with van der Waals surface area (Å²) in [6, 6.07) is 2.03. The summed E-state index contributed by atoms with van der Waals surface area (Å²) in [6.07, 6.45) is 3.55. The van der Waals surface area contributed by atoms with Gasteiger partial charge in [-0.15, -0.1) is 11.3 Å². The van der Waals surface area contributed by atoms with E-state index in [-0.39, 0.29) is 11.5 Å². The van der Waals surface area contributed by atoms with Gasteiger partial charge in [0.05, 0.1) is 16.7 Å². The predicted octanol–water partition coefficient (Wildman–Crippen LogP) is 0.793. The van der Waals surface area contributed by atoms with E-state index in [4.69, 9.17) is 9.88 Å². The van der Waals surface area contributed by atoms with Crippen LogP contribution in [0.2, 0.25) is 0 Å². The van der Waals surface area contributed by atoms with Gasteiger partial charge in [-0.25, -0.2) is 13.6 Å². The second-order valence-corrected chi connectivity index (χ2v) is 10.3. The van der Waals surface area contributed by atoms with Crippen LogP contribution in [0.4, 0.5) is 0 Å². The van der Waals surface area contributed by atoms with Crippen LogP contribution in [0, 0.1) is 0 Å². The first kappa shape index (κ1) is 18.4. The molecule has 7 nitrogen and oxygen atoms in total. The number of primary sulfonamides is 1. The number of sulfonamides is 1. The lowest BCUT2D eigenvalue weighted by atomic mass is 9.86. The maximum atomic E-state index is 12.9. The smallest absolute Gasteiger partial charge is 0.263 e. The fourth-order valence-electron chi connectivity index (χ4n) is 4.27. The number of carbonyl (C=O) groups excluding carboxylic acids is 1.